The van der Waals surface area contributed by atoms with Crippen LogP contribution < -0.4 is 20.6 Å². The highest BCUT2D eigenvalue weighted by molar-refractivity contribution is 7.17. The lowest BCUT2D eigenvalue weighted by atomic mass is 10.2. The Labute approximate surface area is 174 Å². The molecular weight excluding hydrogens is 412 g/mol. The summed E-state index contributed by atoms with van der Waals surface area (Å²) in [7, 11) is 1.36. The van der Waals surface area contributed by atoms with Crippen LogP contribution >= 0.6 is 11.3 Å². The molecule has 0 aromatic carbocycles. The minimum atomic E-state index is -0.770. The molecule has 1 atom stereocenters. The smallest absolute Gasteiger partial charge is 0.381 e. The van der Waals surface area contributed by atoms with E-state index in [-0.39, 0.29) is 29.3 Å². The highest BCUT2D eigenvalue weighted by atomic mass is 32.1. The van der Waals surface area contributed by atoms with Gasteiger partial charge in [-0.2, -0.15) is 5.10 Å². The number of aromatic nitrogens is 4. The van der Waals surface area contributed by atoms with E-state index in [9.17, 15) is 14.7 Å². The highest BCUT2D eigenvalue weighted by Crippen LogP contribution is 2.32. The van der Waals surface area contributed by atoms with Crippen molar-refractivity contribution in [1.29, 1.82) is 0 Å². The van der Waals surface area contributed by atoms with Crippen LogP contribution in [0.5, 0.6) is 5.75 Å². The van der Waals surface area contributed by atoms with E-state index in [4.69, 9.17) is 9.15 Å². The summed E-state index contributed by atoms with van der Waals surface area (Å²) in [6.45, 7) is 2.44. The summed E-state index contributed by atoms with van der Waals surface area (Å²) in [5.41, 5.74) is 0.522. The molecule has 1 fully saturated rings. The molecule has 158 valence electrons. The van der Waals surface area contributed by atoms with E-state index in [0.717, 1.165) is 29.9 Å². The number of aliphatic hydroxyl groups excluding tert-OH is 1. The molecule has 3 aromatic rings. The first-order valence-electron chi connectivity index (χ1n) is 9.27. The fourth-order valence-corrected chi connectivity index (χ4v) is 4.16. The van der Waals surface area contributed by atoms with E-state index in [1.165, 1.54) is 13.2 Å². The van der Waals surface area contributed by atoms with Crippen LogP contribution in [-0.2, 0) is 0 Å². The molecule has 0 saturated carbocycles. The van der Waals surface area contributed by atoms with Gasteiger partial charge in [0, 0.05) is 24.5 Å². The van der Waals surface area contributed by atoms with E-state index >= 15 is 0 Å². The minimum absolute atomic E-state index is 0.000686. The van der Waals surface area contributed by atoms with Crippen LogP contribution in [0.4, 0.5) is 10.8 Å². The van der Waals surface area contributed by atoms with Crippen molar-refractivity contribution in [1.82, 2.24) is 20.0 Å². The zero-order valence-electron chi connectivity index (χ0n) is 16.4. The molecule has 0 spiro atoms. The molecule has 12 heteroatoms. The van der Waals surface area contributed by atoms with Gasteiger partial charge in [-0.1, -0.05) is 11.3 Å². The number of ether oxygens (including phenoxy) is 1. The van der Waals surface area contributed by atoms with Crippen molar-refractivity contribution in [3.05, 3.63) is 40.2 Å². The van der Waals surface area contributed by atoms with Crippen molar-refractivity contribution in [2.24, 2.45) is 0 Å². The van der Waals surface area contributed by atoms with Crippen LogP contribution in [0.25, 0.3) is 5.13 Å². The van der Waals surface area contributed by atoms with Crippen molar-refractivity contribution in [3.8, 4) is 10.9 Å². The van der Waals surface area contributed by atoms with Crippen LogP contribution in [0.15, 0.2) is 27.5 Å². The third-order valence-electron chi connectivity index (χ3n) is 4.86. The van der Waals surface area contributed by atoms with Gasteiger partial charge in [0.25, 0.3) is 5.91 Å². The molecule has 0 radical (unpaired) electrons. The Morgan fingerprint density at radius 1 is 1.47 bits per heavy atom. The minimum Gasteiger partial charge on any atom is -0.488 e. The summed E-state index contributed by atoms with van der Waals surface area (Å²) in [6.07, 6.45) is 3.28. The van der Waals surface area contributed by atoms with E-state index < -0.39 is 11.5 Å². The Balaban J connectivity index is 1.61. The normalized spacial score (nSPS) is 16.1. The summed E-state index contributed by atoms with van der Waals surface area (Å²) in [6, 6.07) is 3.12. The largest absolute Gasteiger partial charge is 0.488 e. The number of methoxy groups -OCH3 is 1. The molecule has 1 saturated heterocycles. The van der Waals surface area contributed by atoms with Crippen LogP contribution in [0, 0.1) is 6.92 Å². The van der Waals surface area contributed by atoms with Crippen LogP contribution in [0.1, 0.15) is 29.1 Å². The van der Waals surface area contributed by atoms with Crippen molar-refractivity contribution < 1.29 is 19.1 Å². The lowest BCUT2D eigenvalue weighted by Crippen LogP contribution is -2.33. The summed E-state index contributed by atoms with van der Waals surface area (Å²) < 4.78 is 12.0. The predicted molar refractivity (Wildman–Crippen MR) is 109 cm³/mol. The lowest BCUT2D eigenvalue weighted by Gasteiger charge is -2.26. The van der Waals surface area contributed by atoms with Gasteiger partial charge in [0.15, 0.2) is 5.76 Å². The van der Waals surface area contributed by atoms with Crippen molar-refractivity contribution in [3.63, 3.8) is 0 Å². The van der Waals surface area contributed by atoms with Gasteiger partial charge in [-0.25, -0.2) is 9.48 Å². The first kappa shape index (κ1) is 20.0. The van der Waals surface area contributed by atoms with Gasteiger partial charge in [0.2, 0.25) is 16.0 Å². The number of anilines is 2. The van der Waals surface area contributed by atoms with E-state index in [0.29, 0.717) is 17.4 Å². The summed E-state index contributed by atoms with van der Waals surface area (Å²) in [4.78, 5) is 27.0. The Hall–Kier alpha value is -3.25. The number of hydrogen-bond acceptors (Lipinski definition) is 10. The standard InChI is InChI=1S/C18H20N6O5S/c1-10-5-6-19-24(10)18-22-21-17(30-18)20-15(26)13-8-12(14(28-2)16(27)29-13)23-7-3-4-11(23)9-25/h5-6,8,11,25H,3-4,7,9H2,1-2H3,(H,20,21,26)/t11-/m0/s1. The number of aliphatic hydroxyl groups is 1. The summed E-state index contributed by atoms with van der Waals surface area (Å²) >= 11 is 1.13. The van der Waals surface area contributed by atoms with Crippen LogP contribution in [0.3, 0.4) is 0 Å². The van der Waals surface area contributed by atoms with Gasteiger partial charge in [-0.3, -0.25) is 10.1 Å². The van der Waals surface area contributed by atoms with Crippen molar-refractivity contribution in [2.75, 3.05) is 30.5 Å². The second-order valence-electron chi connectivity index (χ2n) is 6.72. The highest BCUT2D eigenvalue weighted by Gasteiger charge is 2.29. The predicted octanol–water partition coefficient (Wildman–Crippen LogP) is 1.21. The zero-order valence-corrected chi connectivity index (χ0v) is 17.2. The molecule has 0 aliphatic carbocycles. The van der Waals surface area contributed by atoms with E-state index in [2.05, 4.69) is 20.6 Å². The fraction of sp³-hybridized carbons (Fsp3) is 0.389. The topological polar surface area (TPSA) is 136 Å². The summed E-state index contributed by atoms with van der Waals surface area (Å²) in [5, 5.41) is 25.1. The first-order chi connectivity index (χ1) is 14.5. The molecular formula is C18H20N6O5S. The zero-order chi connectivity index (χ0) is 21.3. The Bertz CT molecular complexity index is 1120. The molecule has 3 aromatic heterocycles. The molecule has 30 heavy (non-hydrogen) atoms. The molecule has 4 rings (SSSR count). The molecule has 0 bridgehead atoms. The fourth-order valence-electron chi connectivity index (χ4n) is 3.41. The Morgan fingerprint density at radius 2 is 2.30 bits per heavy atom. The molecule has 0 unspecified atom stereocenters. The monoisotopic (exact) mass is 432 g/mol. The third kappa shape index (κ3) is 3.66. The maximum absolute atomic E-state index is 12.7. The van der Waals surface area contributed by atoms with Crippen LogP contribution in [-0.4, -0.2) is 57.3 Å². The maximum Gasteiger partial charge on any atom is 0.381 e. The van der Waals surface area contributed by atoms with E-state index in [1.54, 1.807) is 10.9 Å². The molecule has 11 nitrogen and oxygen atoms in total. The maximum atomic E-state index is 12.7. The number of aryl methyl sites for hydroxylation is 1. The number of hydrogen-bond donors (Lipinski definition) is 2. The SMILES string of the molecule is COc1c(N2CCC[C@H]2CO)cc(C(=O)Nc2nnc(-n3nccc3C)s2)oc1=O. The second-order valence-corrected chi connectivity index (χ2v) is 7.67. The Kier molecular flexibility index (Phi) is 5.50. The number of nitrogens with zero attached hydrogens (tertiary/aromatic N) is 5. The molecule has 2 N–H and O–H groups in total. The lowest BCUT2D eigenvalue weighted by molar-refractivity contribution is 0.0991. The number of nitrogens with one attached hydrogen (secondary N) is 1. The van der Waals surface area contributed by atoms with Crippen molar-refractivity contribution in [2.45, 2.75) is 25.8 Å². The quantitative estimate of drug-likeness (QED) is 0.589. The molecule has 1 aliphatic heterocycles. The van der Waals surface area contributed by atoms with Gasteiger partial charge in [0.05, 0.1) is 25.4 Å². The molecule has 1 amide bonds. The number of rotatable bonds is 6. The van der Waals surface area contributed by atoms with Gasteiger partial charge in [-0.15, -0.1) is 10.2 Å². The average Bonchev–Trinajstić information content (AvgIpc) is 3.47. The molecule has 4 heterocycles. The van der Waals surface area contributed by atoms with Crippen LogP contribution in [0.2, 0.25) is 0 Å². The number of carbonyl (C=O) groups excluding carboxylic acids is 1. The Morgan fingerprint density at radius 3 is 3.00 bits per heavy atom. The second kappa shape index (κ2) is 8.24. The van der Waals surface area contributed by atoms with E-state index in [1.807, 2.05) is 17.9 Å². The summed E-state index contributed by atoms with van der Waals surface area (Å²) in [5.74, 6) is -0.832. The average molecular weight is 432 g/mol. The first-order valence-corrected chi connectivity index (χ1v) is 10.1. The van der Waals surface area contributed by atoms with Gasteiger partial charge >= 0.3 is 5.63 Å². The van der Waals surface area contributed by atoms with Gasteiger partial charge in [-0.05, 0) is 25.8 Å². The van der Waals surface area contributed by atoms with Crippen molar-refractivity contribution >= 4 is 28.1 Å². The third-order valence-corrected chi connectivity index (χ3v) is 5.68. The number of amides is 1. The van der Waals surface area contributed by atoms with Gasteiger partial charge < -0.3 is 19.2 Å². The van der Waals surface area contributed by atoms with Gasteiger partial charge in [0.1, 0.15) is 0 Å². The number of carbonyl (C=O) groups is 1. The molecule has 1 aliphatic rings.